The molecule has 0 spiro atoms. The zero-order valence-corrected chi connectivity index (χ0v) is 21.5. The number of hydrogen-bond acceptors (Lipinski definition) is 8. The van der Waals surface area contributed by atoms with Gasteiger partial charge < -0.3 is 10.1 Å². The fourth-order valence-corrected chi connectivity index (χ4v) is 5.45. The maximum absolute atomic E-state index is 11.3. The number of fused-ring (bicyclic) bond motifs is 1. The van der Waals surface area contributed by atoms with Crippen LogP contribution in [0.1, 0.15) is 17.2 Å². The molecule has 2 unspecified atom stereocenters. The van der Waals surface area contributed by atoms with Crippen molar-refractivity contribution in [3.8, 4) is 0 Å². The van der Waals surface area contributed by atoms with Crippen LogP contribution in [-0.2, 0) is 4.74 Å². The normalized spacial score (nSPS) is 23.4. The van der Waals surface area contributed by atoms with Crippen LogP contribution >= 0.6 is 12.2 Å². The van der Waals surface area contributed by atoms with Crippen molar-refractivity contribution in [1.29, 1.82) is 0 Å². The molecule has 2 fully saturated rings. The number of nitro benzene ring substituents is 2. The summed E-state index contributed by atoms with van der Waals surface area (Å²) in [5.41, 5.74) is 3.48. The SMILES string of the molecule is O=[N+]([O-])c1ccc(C2NC(=S)N=C3/C(=C/c4cccc([N+](=O)[O-])c4)CN(CCN4CCOCC4)CC32)cc1. The Bertz CT molecular complexity index is 1290. The number of likely N-dealkylation sites (tertiary alicyclic amines) is 1. The van der Waals surface area contributed by atoms with E-state index in [1.807, 2.05) is 12.1 Å². The first kappa shape index (κ1) is 26.0. The Labute approximate surface area is 225 Å². The zero-order chi connectivity index (χ0) is 26.6. The van der Waals surface area contributed by atoms with Crippen molar-refractivity contribution in [1.82, 2.24) is 15.1 Å². The Balaban J connectivity index is 1.47. The summed E-state index contributed by atoms with van der Waals surface area (Å²) in [5.74, 6) is -0.0634. The summed E-state index contributed by atoms with van der Waals surface area (Å²) in [6.07, 6.45) is 1.96. The molecule has 3 aliphatic rings. The number of nitrogens with zero attached hydrogens (tertiary/aromatic N) is 5. The average Bonchev–Trinajstić information content (AvgIpc) is 2.92. The molecule has 5 rings (SSSR count). The van der Waals surface area contributed by atoms with Gasteiger partial charge in [0.15, 0.2) is 5.11 Å². The molecule has 3 heterocycles. The predicted molar refractivity (Wildman–Crippen MR) is 147 cm³/mol. The summed E-state index contributed by atoms with van der Waals surface area (Å²) in [6, 6.07) is 12.9. The molecular weight excluding hydrogens is 508 g/mol. The minimum absolute atomic E-state index is 0.0300. The van der Waals surface area contributed by atoms with Gasteiger partial charge in [0.1, 0.15) is 0 Å². The second kappa shape index (κ2) is 11.4. The summed E-state index contributed by atoms with van der Waals surface area (Å²) in [4.78, 5) is 31.2. The molecule has 0 saturated carbocycles. The maximum Gasteiger partial charge on any atom is 0.270 e. The zero-order valence-electron chi connectivity index (χ0n) is 20.7. The number of piperidine rings is 1. The Hall–Kier alpha value is -3.58. The molecule has 3 aliphatic heterocycles. The first-order chi connectivity index (χ1) is 18.4. The van der Waals surface area contributed by atoms with Gasteiger partial charge in [-0.2, -0.15) is 0 Å². The van der Waals surface area contributed by atoms with Gasteiger partial charge in [-0.1, -0.05) is 24.3 Å². The van der Waals surface area contributed by atoms with E-state index in [-0.39, 0.29) is 23.3 Å². The van der Waals surface area contributed by atoms with Crippen LogP contribution < -0.4 is 5.32 Å². The van der Waals surface area contributed by atoms with Gasteiger partial charge >= 0.3 is 0 Å². The number of hydrogen-bond donors (Lipinski definition) is 1. The molecule has 11 nitrogen and oxygen atoms in total. The molecule has 1 N–H and O–H groups in total. The Morgan fingerprint density at radius 3 is 2.45 bits per heavy atom. The second-order valence-corrected chi connectivity index (χ2v) is 9.98. The number of ether oxygens (including phenoxy) is 1. The van der Waals surface area contributed by atoms with Crippen LogP contribution in [0, 0.1) is 26.1 Å². The Morgan fingerprint density at radius 1 is 1.03 bits per heavy atom. The number of nitrogens with one attached hydrogen (secondary N) is 1. The lowest BCUT2D eigenvalue weighted by Gasteiger charge is -2.42. The van der Waals surface area contributed by atoms with E-state index in [0.29, 0.717) is 11.7 Å². The van der Waals surface area contributed by atoms with Crippen LogP contribution in [0.3, 0.4) is 0 Å². The molecule has 2 aromatic carbocycles. The first-order valence-electron chi connectivity index (χ1n) is 12.5. The number of benzene rings is 2. The standard InChI is InChI=1S/C26H28N6O5S/c33-31(34)21-6-4-19(5-7-21)24-23-17-30(9-8-29-10-12-37-13-11-29)16-20(25(23)28-26(38)27-24)14-18-2-1-3-22(15-18)32(35)36/h1-7,14-15,23-24H,8-13,16-17H2,(H,27,38)/b20-14+. The summed E-state index contributed by atoms with van der Waals surface area (Å²) >= 11 is 5.50. The monoisotopic (exact) mass is 536 g/mol. The van der Waals surface area contributed by atoms with E-state index >= 15 is 0 Å². The molecule has 0 aromatic heterocycles. The van der Waals surface area contributed by atoms with Gasteiger partial charge in [0.2, 0.25) is 0 Å². The molecular formula is C26H28N6O5S. The molecule has 2 atom stereocenters. The molecule has 0 aliphatic carbocycles. The van der Waals surface area contributed by atoms with Crippen molar-refractivity contribution in [3.63, 3.8) is 0 Å². The number of aliphatic imine (C=N–C) groups is 1. The highest BCUT2D eigenvalue weighted by Crippen LogP contribution is 2.35. The second-order valence-electron chi connectivity index (χ2n) is 9.59. The number of nitro groups is 2. The first-order valence-corrected chi connectivity index (χ1v) is 12.9. The third-order valence-corrected chi connectivity index (χ3v) is 7.36. The molecule has 12 heteroatoms. The topological polar surface area (TPSA) is 126 Å². The van der Waals surface area contributed by atoms with E-state index in [9.17, 15) is 20.2 Å². The lowest BCUT2D eigenvalue weighted by atomic mass is 9.81. The van der Waals surface area contributed by atoms with Crippen LogP contribution in [0.4, 0.5) is 11.4 Å². The van der Waals surface area contributed by atoms with Crippen molar-refractivity contribution < 1.29 is 14.6 Å². The van der Waals surface area contributed by atoms with E-state index < -0.39 is 9.85 Å². The van der Waals surface area contributed by atoms with Crippen molar-refractivity contribution >= 4 is 40.5 Å². The highest BCUT2D eigenvalue weighted by atomic mass is 32.1. The molecule has 2 saturated heterocycles. The minimum Gasteiger partial charge on any atom is -0.379 e. The predicted octanol–water partition coefficient (Wildman–Crippen LogP) is 3.22. The van der Waals surface area contributed by atoms with Crippen LogP contribution in [0.25, 0.3) is 6.08 Å². The number of non-ortho nitro benzene ring substituents is 2. The summed E-state index contributed by atoms with van der Waals surface area (Å²) in [6.45, 7) is 6.39. The fourth-order valence-electron chi connectivity index (χ4n) is 5.23. The third-order valence-electron chi connectivity index (χ3n) is 7.15. The van der Waals surface area contributed by atoms with E-state index in [1.54, 1.807) is 24.3 Å². The quantitative estimate of drug-likeness (QED) is 0.322. The van der Waals surface area contributed by atoms with E-state index in [0.717, 1.165) is 68.3 Å². The van der Waals surface area contributed by atoms with Gasteiger partial charge in [-0.25, -0.2) is 4.99 Å². The molecule has 198 valence electrons. The van der Waals surface area contributed by atoms with Crippen molar-refractivity contribution in [2.24, 2.45) is 10.9 Å². The van der Waals surface area contributed by atoms with E-state index in [1.165, 1.54) is 18.2 Å². The summed E-state index contributed by atoms with van der Waals surface area (Å²) in [5, 5.41) is 26.2. The fraction of sp³-hybridized carbons (Fsp3) is 0.385. The number of morpholine rings is 1. The molecule has 38 heavy (non-hydrogen) atoms. The number of thiocarbonyl (C=S) groups is 1. The average molecular weight is 537 g/mol. The van der Waals surface area contributed by atoms with E-state index in [2.05, 4.69) is 15.1 Å². The molecule has 0 amide bonds. The lowest BCUT2D eigenvalue weighted by Crippen LogP contribution is -2.53. The minimum atomic E-state index is -0.413. The maximum atomic E-state index is 11.3. The third kappa shape index (κ3) is 5.94. The summed E-state index contributed by atoms with van der Waals surface area (Å²) < 4.78 is 5.48. The van der Waals surface area contributed by atoms with Crippen molar-refractivity contribution in [3.05, 3.63) is 85.5 Å². The van der Waals surface area contributed by atoms with Crippen molar-refractivity contribution in [2.75, 3.05) is 52.5 Å². The smallest absolute Gasteiger partial charge is 0.270 e. The van der Waals surface area contributed by atoms with Crippen molar-refractivity contribution in [2.45, 2.75) is 6.04 Å². The van der Waals surface area contributed by atoms with Gasteiger partial charge in [0.25, 0.3) is 11.4 Å². The highest BCUT2D eigenvalue weighted by molar-refractivity contribution is 7.80. The highest BCUT2D eigenvalue weighted by Gasteiger charge is 2.39. The molecule has 0 bridgehead atoms. The van der Waals surface area contributed by atoms with Crippen LogP contribution in [-0.4, -0.2) is 83.0 Å². The van der Waals surface area contributed by atoms with Crippen LogP contribution in [0.2, 0.25) is 0 Å². The van der Waals surface area contributed by atoms with Crippen LogP contribution in [0.5, 0.6) is 0 Å². The van der Waals surface area contributed by atoms with E-state index in [4.69, 9.17) is 21.9 Å². The Morgan fingerprint density at radius 2 is 1.74 bits per heavy atom. The Kier molecular flexibility index (Phi) is 7.84. The van der Waals surface area contributed by atoms with Gasteiger partial charge in [0, 0.05) is 69.5 Å². The largest absolute Gasteiger partial charge is 0.379 e. The summed E-state index contributed by atoms with van der Waals surface area (Å²) in [7, 11) is 0. The molecule has 2 aromatic rings. The van der Waals surface area contributed by atoms with Gasteiger partial charge in [-0.05, 0) is 35.0 Å². The lowest BCUT2D eigenvalue weighted by molar-refractivity contribution is -0.385. The van der Waals surface area contributed by atoms with Crippen LogP contribution in [0.15, 0.2) is 59.1 Å². The van der Waals surface area contributed by atoms with Gasteiger partial charge in [-0.15, -0.1) is 0 Å². The number of rotatable bonds is 7. The van der Waals surface area contributed by atoms with Gasteiger partial charge in [-0.3, -0.25) is 30.0 Å². The van der Waals surface area contributed by atoms with Gasteiger partial charge in [0.05, 0.1) is 34.8 Å². The molecule has 0 radical (unpaired) electrons.